The smallest absolute Gasteiger partial charge is 0.123 e. The van der Waals surface area contributed by atoms with Crippen molar-refractivity contribution in [1.29, 1.82) is 0 Å². The van der Waals surface area contributed by atoms with E-state index in [0.717, 1.165) is 22.9 Å². The first-order chi connectivity index (χ1) is 7.33. The predicted molar refractivity (Wildman–Crippen MR) is 66.3 cm³/mol. The van der Waals surface area contributed by atoms with Gasteiger partial charge in [-0.25, -0.2) is 4.39 Å². The fourth-order valence-electron chi connectivity index (χ4n) is 1.27. The molecule has 0 saturated carbocycles. The fourth-order valence-corrected chi connectivity index (χ4v) is 2.37. The van der Waals surface area contributed by atoms with E-state index in [1.54, 1.807) is 11.8 Å². The number of hydrogen-bond donors (Lipinski definition) is 0. The molecule has 15 heavy (non-hydrogen) atoms. The van der Waals surface area contributed by atoms with Gasteiger partial charge in [0.25, 0.3) is 0 Å². The van der Waals surface area contributed by atoms with E-state index in [1.807, 2.05) is 12.1 Å². The quantitative estimate of drug-likeness (QED) is 0.381. The molecule has 84 valence electrons. The van der Waals surface area contributed by atoms with Gasteiger partial charge in [0, 0.05) is 10.8 Å². The van der Waals surface area contributed by atoms with Gasteiger partial charge in [0.15, 0.2) is 0 Å². The molecule has 0 bridgehead atoms. The van der Waals surface area contributed by atoms with Gasteiger partial charge in [0.05, 0.1) is 0 Å². The van der Waals surface area contributed by atoms with Crippen LogP contribution in [0, 0.1) is 5.82 Å². The summed E-state index contributed by atoms with van der Waals surface area (Å²) in [6, 6.07) is 6.68. The molecule has 0 spiro atoms. The topological polar surface area (TPSA) is 0 Å². The Bertz CT molecular complexity index is 261. The van der Waals surface area contributed by atoms with Gasteiger partial charge < -0.3 is 0 Å². The van der Waals surface area contributed by atoms with Gasteiger partial charge in [-0.3, -0.25) is 0 Å². The third kappa shape index (κ3) is 6.06. The van der Waals surface area contributed by atoms with Crippen molar-refractivity contribution in [3.05, 3.63) is 30.1 Å². The summed E-state index contributed by atoms with van der Waals surface area (Å²) in [4.78, 5) is 1.15. The van der Waals surface area contributed by atoms with Crippen LogP contribution >= 0.6 is 23.4 Å². The summed E-state index contributed by atoms with van der Waals surface area (Å²) in [5.74, 6) is 1.71. The van der Waals surface area contributed by atoms with Gasteiger partial charge in [-0.1, -0.05) is 12.8 Å². The number of hydrogen-bond acceptors (Lipinski definition) is 1. The first-order valence-electron chi connectivity index (χ1n) is 5.27. The van der Waals surface area contributed by atoms with Crippen LogP contribution in [0.4, 0.5) is 4.39 Å². The molecule has 0 aromatic heterocycles. The Morgan fingerprint density at radius 3 is 2.33 bits per heavy atom. The highest BCUT2D eigenvalue weighted by molar-refractivity contribution is 7.99. The maximum absolute atomic E-state index is 12.6. The highest BCUT2D eigenvalue weighted by atomic mass is 35.5. The van der Waals surface area contributed by atoms with Crippen molar-refractivity contribution < 1.29 is 4.39 Å². The molecule has 0 radical (unpaired) electrons. The van der Waals surface area contributed by atoms with Gasteiger partial charge in [0.1, 0.15) is 5.82 Å². The zero-order chi connectivity index (χ0) is 10.9. The number of thioether (sulfide) groups is 1. The van der Waals surface area contributed by atoms with E-state index in [2.05, 4.69) is 0 Å². The van der Waals surface area contributed by atoms with Gasteiger partial charge in [-0.2, -0.15) is 0 Å². The van der Waals surface area contributed by atoms with Crippen LogP contribution in [0.15, 0.2) is 29.2 Å². The van der Waals surface area contributed by atoms with Crippen LogP contribution in [0.25, 0.3) is 0 Å². The van der Waals surface area contributed by atoms with E-state index in [-0.39, 0.29) is 5.82 Å². The highest BCUT2D eigenvalue weighted by Gasteiger charge is 1.95. The largest absolute Gasteiger partial charge is 0.207 e. The molecular weight excluding hydrogens is 231 g/mol. The summed E-state index contributed by atoms with van der Waals surface area (Å²) in [7, 11) is 0. The molecule has 1 aromatic rings. The van der Waals surface area contributed by atoms with Crippen molar-refractivity contribution in [3.8, 4) is 0 Å². The Morgan fingerprint density at radius 2 is 1.67 bits per heavy atom. The lowest BCUT2D eigenvalue weighted by molar-refractivity contribution is 0.626. The number of unbranched alkanes of at least 4 members (excludes halogenated alkanes) is 3. The SMILES string of the molecule is Fc1ccc(SCCCCCCCl)cc1. The van der Waals surface area contributed by atoms with E-state index >= 15 is 0 Å². The maximum Gasteiger partial charge on any atom is 0.123 e. The molecule has 0 heterocycles. The molecule has 0 saturated heterocycles. The molecular formula is C12H16ClFS. The third-order valence-corrected chi connectivity index (χ3v) is 3.48. The normalized spacial score (nSPS) is 10.5. The lowest BCUT2D eigenvalue weighted by Gasteiger charge is -2.01. The molecule has 1 aromatic carbocycles. The zero-order valence-corrected chi connectivity index (χ0v) is 10.3. The maximum atomic E-state index is 12.6. The van der Waals surface area contributed by atoms with Crippen LogP contribution < -0.4 is 0 Å². The van der Waals surface area contributed by atoms with Crippen molar-refractivity contribution in [2.75, 3.05) is 11.6 Å². The molecule has 0 fully saturated rings. The Morgan fingerprint density at radius 1 is 1.00 bits per heavy atom. The Hall–Kier alpha value is -0.210. The number of rotatable bonds is 7. The predicted octanol–water partition coefficient (Wildman–Crippen LogP) is 4.72. The Labute approximate surface area is 100 Å². The van der Waals surface area contributed by atoms with Crippen LogP contribution in [0.5, 0.6) is 0 Å². The Balaban J connectivity index is 2.07. The number of alkyl halides is 1. The first kappa shape index (κ1) is 12.9. The summed E-state index contributed by atoms with van der Waals surface area (Å²) in [6.07, 6.45) is 4.77. The second kappa shape index (κ2) is 8.00. The van der Waals surface area contributed by atoms with E-state index in [4.69, 9.17) is 11.6 Å². The van der Waals surface area contributed by atoms with Crippen molar-refractivity contribution >= 4 is 23.4 Å². The van der Waals surface area contributed by atoms with E-state index in [9.17, 15) is 4.39 Å². The molecule has 3 heteroatoms. The molecule has 0 aliphatic rings. The monoisotopic (exact) mass is 246 g/mol. The van der Waals surface area contributed by atoms with Crippen molar-refractivity contribution in [1.82, 2.24) is 0 Å². The molecule has 0 aliphatic carbocycles. The lowest BCUT2D eigenvalue weighted by Crippen LogP contribution is -1.83. The first-order valence-corrected chi connectivity index (χ1v) is 6.79. The minimum atomic E-state index is -0.165. The fraction of sp³-hybridized carbons (Fsp3) is 0.500. The molecule has 0 amide bonds. The van der Waals surface area contributed by atoms with Crippen molar-refractivity contribution in [3.63, 3.8) is 0 Å². The lowest BCUT2D eigenvalue weighted by atomic mass is 10.2. The summed E-state index contributed by atoms with van der Waals surface area (Å²) in [5, 5.41) is 0. The van der Waals surface area contributed by atoms with Crippen LogP contribution in [0.2, 0.25) is 0 Å². The van der Waals surface area contributed by atoms with E-state index in [1.165, 1.54) is 31.4 Å². The molecule has 1 rings (SSSR count). The molecule has 0 atom stereocenters. The summed E-state index contributed by atoms with van der Waals surface area (Å²) < 4.78 is 12.6. The molecule has 0 nitrogen and oxygen atoms in total. The van der Waals surface area contributed by atoms with Crippen molar-refractivity contribution in [2.45, 2.75) is 30.6 Å². The summed E-state index contributed by atoms with van der Waals surface area (Å²) >= 11 is 7.37. The minimum Gasteiger partial charge on any atom is -0.207 e. The average molecular weight is 247 g/mol. The van der Waals surface area contributed by atoms with Crippen molar-refractivity contribution in [2.24, 2.45) is 0 Å². The van der Waals surface area contributed by atoms with Crippen LogP contribution in [0.1, 0.15) is 25.7 Å². The molecule has 0 unspecified atom stereocenters. The second-order valence-electron chi connectivity index (χ2n) is 3.41. The number of halogens is 2. The molecule has 0 N–H and O–H groups in total. The zero-order valence-electron chi connectivity index (χ0n) is 8.72. The van der Waals surface area contributed by atoms with Gasteiger partial charge in [-0.15, -0.1) is 23.4 Å². The van der Waals surface area contributed by atoms with Crippen LogP contribution in [-0.4, -0.2) is 11.6 Å². The Kier molecular flexibility index (Phi) is 6.86. The van der Waals surface area contributed by atoms with Gasteiger partial charge >= 0.3 is 0 Å². The summed E-state index contributed by atoms with van der Waals surface area (Å²) in [6.45, 7) is 0. The standard InChI is InChI=1S/C12H16ClFS/c13-9-3-1-2-4-10-15-12-7-5-11(14)6-8-12/h5-8H,1-4,9-10H2. The minimum absolute atomic E-state index is 0.165. The number of benzene rings is 1. The molecule has 0 aliphatic heterocycles. The second-order valence-corrected chi connectivity index (χ2v) is 4.95. The van der Waals surface area contributed by atoms with Gasteiger partial charge in [-0.05, 0) is 42.9 Å². The van der Waals surface area contributed by atoms with E-state index in [0.29, 0.717) is 0 Å². The van der Waals surface area contributed by atoms with Crippen LogP contribution in [-0.2, 0) is 0 Å². The highest BCUT2D eigenvalue weighted by Crippen LogP contribution is 2.19. The third-order valence-electron chi connectivity index (χ3n) is 2.11. The van der Waals surface area contributed by atoms with Gasteiger partial charge in [0.2, 0.25) is 0 Å². The average Bonchev–Trinajstić information content (AvgIpc) is 2.26. The summed E-state index contributed by atoms with van der Waals surface area (Å²) in [5.41, 5.74) is 0. The van der Waals surface area contributed by atoms with E-state index < -0.39 is 0 Å². The van der Waals surface area contributed by atoms with Crippen LogP contribution in [0.3, 0.4) is 0 Å².